The summed E-state index contributed by atoms with van der Waals surface area (Å²) in [5.41, 5.74) is 0. The molecule has 4 unspecified atom stereocenters. The lowest BCUT2D eigenvalue weighted by molar-refractivity contribution is -0.132. The summed E-state index contributed by atoms with van der Waals surface area (Å²) in [7, 11) is 1.68. The summed E-state index contributed by atoms with van der Waals surface area (Å²) in [4.78, 5) is 13.4. The Kier molecular flexibility index (Phi) is 35.1. The average Bonchev–Trinajstić information content (AvgIpc) is 3.07. The third-order valence-electron chi connectivity index (χ3n) is 9.78. The largest absolute Gasteiger partial charge is 0.394 e. The Morgan fingerprint density at radius 1 is 0.587 bits per heavy atom. The van der Waals surface area contributed by atoms with E-state index in [1.807, 2.05) is 0 Å². The highest BCUT2D eigenvalue weighted by molar-refractivity contribution is 5.79. The van der Waals surface area contributed by atoms with Crippen LogP contribution in [0, 0.1) is 5.92 Å². The van der Waals surface area contributed by atoms with Crippen LogP contribution in [-0.2, 0) is 14.3 Å². The highest BCUT2D eigenvalue weighted by Crippen LogP contribution is 2.21. The molecule has 276 valence electrons. The molecule has 0 aliphatic carbocycles. The van der Waals surface area contributed by atoms with Gasteiger partial charge in [-0.3, -0.25) is 4.79 Å². The highest BCUT2D eigenvalue weighted by Gasteiger charge is 2.30. The second-order valence-electron chi connectivity index (χ2n) is 14.0. The monoisotopic (exact) mass is 656 g/mol. The van der Waals surface area contributed by atoms with Crippen molar-refractivity contribution in [3.63, 3.8) is 0 Å². The molecule has 0 aromatic heterocycles. The summed E-state index contributed by atoms with van der Waals surface area (Å²) < 4.78 is 11.6. The van der Waals surface area contributed by atoms with Crippen LogP contribution in [-0.4, -0.2) is 61.3 Å². The minimum atomic E-state index is -0.977. The molecule has 0 aromatic rings. The molecule has 0 fully saturated rings. The van der Waals surface area contributed by atoms with Gasteiger partial charge in [0.25, 0.3) is 0 Å². The maximum absolute atomic E-state index is 13.4. The standard InChI is InChI=1S/C40H81NO5/c1-5-8-10-12-14-16-18-19-20-21-23-25-27-29-33-46-34-30-32-37(38(43)35-42)41-40(44)36(39(7-3)45-4)31-28-26-24-22-17-15-13-11-9-6-2/h36-39,42-43H,5-35H2,1-4H3,(H,41,44). The molecule has 0 saturated heterocycles. The quantitative estimate of drug-likeness (QED) is 0.0580. The number of amides is 1. The van der Waals surface area contributed by atoms with Crippen LogP contribution in [0.2, 0.25) is 0 Å². The summed E-state index contributed by atoms with van der Waals surface area (Å²) >= 11 is 0. The van der Waals surface area contributed by atoms with Crippen LogP contribution in [0.25, 0.3) is 0 Å². The van der Waals surface area contributed by atoms with Crippen LogP contribution >= 0.6 is 0 Å². The van der Waals surface area contributed by atoms with Gasteiger partial charge in [-0.15, -0.1) is 0 Å². The minimum Gasteiger partial charge on any atom is -0.394 e. The molecule has 0 aromatic carbocycles. The molecule has 6 heteroatoms. The maximum Gasteiger partial charge on any atom is 0.226 e. The summed E-state index contributed by atoms with van der Waals surface area (Å²) in [6.07, 6.45) is 33.3. The van der Waals surface area contributed by atoms with Gasteiger partial charge >= 0.3 is 0 Å². The first-order valence-corrected chi connectivity index (χ1v) is 20.2. The summed E-state index contributed by atoms with van der Waals surface area (Å²) in [6.45, 7) is 7.61. The molecule has 0 heterocycles. The van der Waals surface area contributed by atoms with E-state index in [1.54, 1.807) is 7.11 Å². The van der Waals surface area contributed by atoms with Gasteiger partial charge in [-0.2, -0.15) is 0 Å². The van der Waals surface area contributed by atoms with Crippen molar-refractivity contribution in [3.05, 3.63) is 0 Å². The van der Waals surface area contributed by atoms with Crippen LogP contribution in [0.3, 0.4) is 0 Å². The van der Waals surface area contributed by atoms with E-state index in [9.17, 15) is 15.0 Å². The summed E-state index contributed by atoms with van der Waals surface area (Å²) in [6, 6.07) is -0.480. The smallest absolute Gasteiger partial charge is 0.226 e. The fourth-order valence-electron chi connectivity index (χ4n) is 6.64. The van der Waals surface area contributed by atoms with Gasteiger partial charge < -0.3 is 25.0 Å². The van der Waals surface area contributed by atoms with E-state index in [1.165, 1.54) is 135 Å². The number of hydrogen-bond acceptors (Lipinski definition) is 5. The van der Waals surface area contributed by atoms with Crippen molar-refractivity contribution in [2.45, 2.75) is 219 Å². The predicted octanol–water partition coefficient (Wildman–Crippen LogP) is 10.5. The highest BCUT2D eigenvalue weighted by atomic mass is 16.5. The number of methoxy groups -OCH3 is 1. The Hall–Kier alpha value is -0.690. The van der Waals surface area contributed by atoms with Gasteiger partial charge in [0.2, 0.25) is 5.91 Å². The molecule has 3 N–H and O–H groups in total. The van der Waals surface area contributed by atoms with Crippen LogP contribution < -0.4 is 5.32 Å². The van der Waals surface area contributed by atoms with Gasteiger partial charge in [0.1, 0.15) is 0 Å². The van der Waals surface area contributed by atoms with E-state index >= 15 is 0 Å². The fraction of sp³-hybridized carbons (Fsp3) is 0.975. The number of aliphatic hydroxyl groups is 2. The van der Waals surface area contributed by atoms with E-state index in [0.717, 1.165) is 45.1 Å². The number of hydrogen-bond donors (Lipinski definition) is 3. The number of rotatable bonds is 37. The Morgan fingerprint density at radius 3 is 1.41 bits per heavy atom. The average molecular weight is 656 g/mol. The van der Waals surface area contributed by atoms with Gasteiger partial charge in [-0.1, -0.05) is 168 Å². The molecule has 0 rings (SSSR count). The van der Waals surface area contributed by atoms with E-state index in [2.05, 4.69) is 26.1 Å². The molecule has 0 spiro atoms. The molecule has 0 aliphatic heterocycles. The Balaban J connectivity index is 4.16. The minimum absolute atomic E-state index is 0.0644. The molecule has 6 nitrogen and oxygen atoms in total. The Bertz CT molecular complexity index is 614. The van der Waals surface area contributed by atoms with Crippen LogP contribution in [0.15, 0.2) is 0 Å². The van der Waals surface area contributed by atoms with Gasteiger partial charge in [0.05, 0.1) is 30.8 Å². The molecular weight excluding hydrogens is 574 g/mol. The van der Waals surface area contributed by atoms with E-state index in [0.29, 0.717) is 13.0 Å². The third kappa shape index (κ3) is 27.3. The Labute approximate surface area is 286 Å². The molecule has 46 heavy (non-hydrogen) atoms. The summed E-state index contributed by atoms with van der Waals surface area (Å²) in [5.74, 6) is -0.306. The molecule has 4 atom stereocenters. The molecule has 0 aliphatic rings. The molecular formula is C40H81NO5. The molecule has 0 radical (unpaired) electrons. The van der Waals surface area contributed by atoms with Gasteiger partial charge in [-0.05, 0) is 32.1 Å². The fourth-order valence-corrected chi connectivity index (χ4v) is 6.64. The molecule has 0 saturated carbocycles. The number of carbonyl (C=O) groups is 1. The number of carbonyl (C=O) groups excluding carboxylic acids is 1. The zero-order chi connectivity index (χ0) is 33.9. The zero-order valence-corrected chi connectivity index (χ0v) is 31.3. The van der Waals surface area contributed by atoms with Crippen molar-refractivity contribution in [1.82, 2.24) is 5.32 Å². The number of aliphatic hydroxyl groups excluding tert-OH is 2. The van der Waals surface area contributed by atoms with Crippen LogP contribution in [0.5, 0.6) is 0 Å². The first-order valence-electron chi connectivity index (χ1n) is 20.2. The lowest BCUT2D eigenvalue weighted by Crippen LogP contribution is -2.49. The second kappa shape index (κ2) is 35.6. The van der Waals surface area contributed by atoms with E-state index in [4.69, 9.17) is 9.47 Å². The van der Waals surface area contributed by atoms with Crippen molar-refractivity contribution < 1.29 is 24.5 Å². The normalized spacial score (nSPS) is 14.3. The van der Waals surface area contributed by atoms with Crippen LogP contribution in [0.4, 0.5) is 0 Å². The topological polar surface area (TPSA) is 88.0 Å². The van der Waals surface area contributed by atoms with Crippen molar-refractivity contribution in [3.8, 4) is 0 Å². The maximum atomic E-state index is 13.4. The van der Waals surface area contributed by atoms with Gasteiger partial charge in [0.15, 0.2) is 0 Å². The van der Waals surface area contributed by atoms with Crippen molar-refractivity contribution in [2.24, 2.45) is 5.92 Å². The third-order valence-corrected chi connectivity index (χ3v) is 9.78. The van der Waals surface area contributed by atoms with Crippen LogP contribution in [0.1, 0.15) is 201 Å². The van der Waals surface area contributed by atoms with E-state index in [-0.39, 0.29) is 24.5 Å². The second-order valence-corrected chi connectivity index (χ2v) is 14.0. The van der Waals surface area contributed by atoms with Crippen molar-refractivity contribution in [2.75, 3.05) is 26.9 Å². The molecule has 1 amide bonds. The number of ether oxygens (including phenoxy) is 2. The summed E-state index contributed by atoms with van der Waals surface area (Å²) in [5, 5.41) is 23.2. The van der Waals surface area contributed by atoms with Gasteiger partial charge in [-0.25, -0.2) is 0 Å². The predicted molar refractivity (Wildman–Crippen MR) is 196 cm³/mol. The first kappa shape index (κ1) is 45.3. The molecule has 0 bridgehead atoms. The Morgan fingerprint density at radius 2 is 1.00 bits per heavy atom. The lowest BCUT2D eigenvalue weighted by Gasteiger charge is -2.29. The van der Waals surface area contributed by atoms with Gasteiger partial charge in [0, 0.05) is 20.3 Å². The number of nitrogens with one attached hydrogen (secondary N) is 1. The van der Waals surface area contributed by atoms with Crippen molar-refractivity contribution >= 4 is 5.91 Å². The first-order chi connectivity index (χ1) is 22.5. The zero-order valence-electron chi connectivity index (χ0n) is 31.3. The van der Waals surface area contributed by atoms with Crippen molar-refractivity contribution in [1.29, 1.82) is 0 Å². The number of unbranched alkanes of at least 4 members (excludes halogenated alkanes) is 22. The van der Waals surface area contributed by atoms with E-state index < -0.39 is 12.1 Å². The lowest BCUT2D eigenvalue weighted by atomic mass is 9.91. The SMILES string of the molecule is CCCCCCCCCCCCCCCCOCCCC(NC(=O)C(CCCCCCCCCCCC)C(CC)OC)C(O)CO.